The SMILES string of the molecule is CCOc1ccc(C(=O)[C@@H](C)OC(=O)c2cccc3ccccc23)cc1. The number of hydrogen-bond donors (Lipinski definition) is 0. The van der Waals surface area contributed by atoms with E-state index in [1.54, 1.807) is 43.3 Å². The minimum Gasteiger partial charge on any atom is -0.494 e. The van der Waals surface area contributed by atoms with Gasteiger partial charge in [-0.15, -0.1) is 0 Å². The Kier molecular flexibility index (Phi) is 5.32. The number of rotatable bonds is 6. The molecule has 132 valence electrons. The third-order valence-electron chi connectivity index (χ3n) is 4.11. The van der Waals surface area contributed by atoms with Gasteiger partial charge in [0.15, 0.2) is 6.10 Å². The van der Waals surface area contributed by atoms with Gasteiger partial charge in [0, 0.05) is 5.56 Å². The van der Waals surface area contributed by atoms with Gasteiger partial charge in [-0.05, 0) is 55.0 Å². The molecular weight excluding hydrogens is 328 g/mol. The highest BCUT2D eigenvalue weighted by atomic mass is 16.5. The molecular formula is C22H20O4. The predicted molar refractivity (Wildman–Crippen MR) is 101 cm³/mol. The van der Waals surface area contributed by atoms with Gasteiger partial charge in [0.2, 0.25) is 5.78 Å². The van der Waals surface area contributed by atoms with E-state index in [0.717, 1.165) is 10.8 Å². The quantitative estimate of drug-likeness (QED) is 0.480. The fourth-order valence-electron chi connectivity index (χ4n) is 2.80. The number of benzene rings is 3. The van der Waals surface area contributed by atoms with Gasteiger partial charge in [0.1, 0.15) is 5.75 Å². The van der Waals surface area contributed by atoms with E-state index in [9.17, 15) is 9.59 Å². The summed E-state index contributed by atoms with van der Waals surface area (Å²) in [6, 6.07) is 19.8. The average molecular weight is 348 g/mol. The second kappa shape index (κ2) is 7.83. The summed E-state index contributed by atoms with van der Waals surface area (Å²) in [5, 5.41) is 1.76. The van der Waals surface area contributed by atoms with Crippen LogP contribution in [0.3, 0.4) is 0 Å². The molecule has 0 saturated heterocycles. The maximum absolute atomic E-state index is 12.5. The van der Waals surface area contributed by atoms with Crippen LogP contribution in [-0.4, -0.2) is 24.5 Å². The molecule has 0 aliphatic carbocycles. The van der Waals surface area contributed by atoms with E-state index in [4.69, 9.17) is 9.47 Å². The van der Waals surface area contributed by atoms with Gasteiger partial charge >= 0.3 is 5.97 Å². The summed E-state index contributed by atoms with van der Waals surface area (Å²) in [6.07, 6.45) is -0.876. The van der Waals surface area contributed by atoms with Gasteiger partial charge in [0.25, 0.3) is 0 Å². The summed E-state index contributed by atoms with van der Waals surface area (Å²) in [4.78, 5) is 25.1. The lowest BCUT2D eigenvalue weighted by Crippen LogP contribution is -2.24. The van der Waals surface area contributed by atoms with Gasteiger partial charge in [-0.1, -0.05) is 36.4 Å². The van der Waals surface area contributed by atoms with Crippen LogP contribution in [-0.2, 0) is 4.74 Å². The van der Waals surface area contributed by atoms with Crippen molar-refractivity contribution in [3.63, 3.8) is 0 Å². The molecule has 0 amide bonds. The first-order chi connectivity index (χ1) is 12.6. The number of carbonyl (C=O) groups excluding carboxylic acids is 2. The average Bonchev–Trinajstić information content (AvgIpc) is 2.67. The van der Waals surface area contributed by atoms with Crippen LogP contribution < -0.4 is 4.74 Å². The summed E-state index contributed by atoms with van der Waals surface area (Å²) in [5.41, 5.74) is 0.932. The number of ketones is 1. The fourth-order valence-corrected chi connectivity index (χ4v) is 2.80. The molecule has 0 spiro atoms. The number of esters is 1. The van der Waals surface area contributed by atoms with Crippen molar-refractivity contribution < 1.29 is 19.1 Å². The molecule has 0 aromatic heterocycles. The maximum Gasteiger partial charge on any atom is 0.339 e. The molecule has 0 radical (unpaired) electrons. The van der Waals surface area contributed by atoms with E-state index in [-0.39, 0.29) is 5.78 Å². The first-order valence-electron chi connectivity index (χ1n) is 8.56. The van der Waals surface area contributed by atoms with E-state index >= 15 is 0 Å². The standard InChI is InChI=1S/C22H20O4/c1-3-25-18-13-11-17(12-14-18)21(23)15(2)26-22(24)20-10-6-8-16-7-4-5-9-19(16)20/h4-15H,3H2,1-2H3/t15-/m1/s1. The summed E-state index contributed by atoms with van der Waals surface area (Å²) >= 11 is 0. The normalized spacial score (nSPS) is 11.8. The fraction of sp³-hybridized carbons (Fsp3) is 0.182. The summed E-state index contributed by atoms with van der Waals surface area (Å²) in [7, 11) is 0. The first-order valence-corrected chi connectivity index (χ1v) is 8.56. The molecule has 26 heavy (non-hydrogen) atoms. The van der Waals surface area contributed by atoms with E-state index < -0.39 is 12.1 Å². The molecule has 0 bridgehead atoms. The van der Waals surface area contributed by atoms with Gasteiger partial charge in [-0.2, -0.15) is 0 Å². The largest absolute Gasteiger partial charge is 0.494 e. The van der Waals surface area contributed by atoms with Gasteiger partial charge in [-0.25, -0.2) is 4.79 Å². The van der Waals surface area contributed by atoms with Crippen molar-refractivity contribution in [2.75, 3.05) is 6.61 Å². The number of hydrogen-bond acceptors (Lipinski definition) is 4. The maximum atomic E-state index is 12.5. The second-order valence-electron chi connectivity index (χ2n) is 5.90. The Balaban J connectivity index is 1.75. The highest BCUT2D eigenvalue weighted by molar-refractivity contribution is 6.06. The van der Waals surface area contributed by atoms with Crippen LogP contribution in [0.1, 0.15) is 34.6 Å². The first kappa shape index (κ1) is 17.7. The Labute approximate surface area is 152 Å². The minimum atomic E-state index is -0.876. The van der Waals surface area contributed by atoms with Crippen molar-refractivity contribution >= 4 is 22.5 Å². The number of Topliss-reactive ketones (excluding diaryl/α,β-unsaturated/α-hetero) is 1. The lowest BCUT2D eigenvalue weighted by molar-refractivity contribution is 0.0320. The lowest BCUT2D eigenvalue weighted by Gasteiger charge is -2.14. The summed E-state index contributed by atoms with van der Waals surface area (Å²) < 4.78 is 10.8. The van der Waals surface area contributed by atoms with E-state index in [1.165, 1.54) is 0 Å². The van der Waals surface area contributed by atoms with Crippen molar-refractivity contribution in [2.45, 2.75) is 20.0 Å². The van der Waals surface area contributed by atoms with Crippen LogP contribution >= 0.6 is 0 Å². The monoisotopic (exact) mass is 348 g/mol. The van der Waals surface area contributed by atoms with Crippen LogP contribution in [0.4, 0.5) is 0 Å². The van der Waals surface area contributed by atoms with Crippen LogP contribution in [0.25, 0.3) is 10.8 Å². The molecule has 0 aliphatic rings. The number of ether oxygens (including phenoxy) is 2. The topological polar surface area (TPSA) is 52.6 Å². The number of carbonyl (C=O) groups is 2. The zero-order chi connectivity index (χ0) is 18.5. The van der Waals surface area contributed by atoms with Crippen molar-refractivity contribution in [2.24, 2.45) is 0 Å². The molecule has 1 atom stereocenters. The zero-order valence-corrected chi connectivity index (χ0v) is 14.8. The highest BCUT2D eigenvalue weighted by Gasteiger charge is 2.21. The molecule has 3 aromatic rings. The Hall–Kier alpha value is -3.14. The van der Waals surface area contributed by atoms with E-state index in [1.807, 2.05) is 37.3 Å². The van der Waals surface area contributed by atoms with E-state index in [0.29, 0.717) is 23.5 Å². The Morgan fingerprint density at radius 2 is 1.62 bits per heavy atom. The smallest absolute Gasteiger partial charge is 0.339 e. The van der Waals surface area contributed by atoms with Crippen molar-refractivity contribution in [3.05, 3.63) is 77.9 Å². The van der Waals surface area contributed by atoms with Crippen LogP contribution in [0.5, 0.6) is 5.75 Å². The molecule has 4 nitrogen and oxygen atoms in total. The molecule has 3 aromatic carbocycles. The molecule has 0 N–H and O–H groups in total. The van der Waals surface area contributed by atoms with Gasteiger partial charge in [-0.3, -0.25) is 4.79 Å². The Bertz CT molecular complexity index is 923. The van der Waals surface area contributed by atoms with Crippen molar-refractivity contribution in [1.82, 2.24) is 0 Å². The predicted octanol–water partition coefficient (Wildman–Crippen LogP) is 4.67. The van der Waals surface area contributed by atoms with Gasteiger partial charge < -0.3 is 9.47 Å². The molecule has 0 unspecified atom stereocenters. The van der Waals surface area contributed by atoms with Gasteiger partial charge in [0.05, 0.1) is 12.2 Å². The molecule has 0 saturated carbocycles. The van der Waals surface area contributed by atoms with Crippen molar-refractivity contribution in [3.8, 4) is 5.75 Å². The van der Waals surface area contributed by atoms with Crippen LogP contribution in [0.2, 0.25) is 0 Å². The molecule has 4 heteroatoms. The van der Waals surface area contributed by atoms with Crippen molar-refractivity contribution in [1.29, 1.82) is 0 Å². The molecule has 0 aliphatic heterocycles. The minimum absolute atomic E-state index is 0.248. The molecule has 3 rings (SSSR count). The summed E-state index contributed by atoms with van der Waals surface area (Å²) in [5.74, 6) is -0.0559. The van der Waals surface area contributed by atoms with E-state index in [2.05, 4.69) is 0 Å². The summed E-state index contributed by atoms with van der Waals surface area (Å²) in [6.45, 7) is 4.04. The molecule has 0 fully saturated rings. The molecule has 0 heterocycles. The third kappa shape index (κ3) is 3.75. The zero-order valence-electron chi connectivity index (χ0n) is 14.8. The number of fused-ring (bicyclic) bond motifs is 1. The Morgan fingerprint density at radius 3 is 2.35 bits per heavy atom. The van der Waals surface area contributed by atoms with Crippen LogP contribution in [0, 0.1) is 0 Å². The highest BCUT2D eigenvalue weighted by Crippen LogP contribution is 2.20. The Morgan fingerprint density at radius 1 is 0.923 bits per heavy atom. The lowest BCUT2D eigenvalue weighted by atomic mass is 10.0. The third-order valence-corrected chi connectivity index (χ3v) is 4.11. The van der Waals surface area contributed by atoms with Crippen LogP contribution in [0.15, 0.2) is 66.7 Å². The second-order valence-corrected chi connectivity index (χ2v) is 5.90.